The Morgan fingerprint density at radius 2 is 2.27 bits per heavy atom. The van der Waals surface area contributed by atoms with Gasteiger partial charge >= 0.3 is 5.97 Å². The quantitative estimate of drug-likeness (QED) is 0.476. The molecule has 0 saturated carbocycles. The normalized spacial score (nSPS) is 13.0. The second-order valence-corrected chi connectivity index (χ2v) is 4.23. The summed E-state index contributed by atoms with van der Waals surface area (Å²) >= 11 is 1.55. The summed E-state index contributed by atoms with van der Waals surface area (Å²) in [6, 6.07) is 0. The van der Waals surface area contributed by atoms with E-state index in [1.165, 1.54) is 6.92 Å². The molecule has 0 aliphatic heterocycles. The molecule has 0 rings (SSSR count). The first-order chi connectivity index (χ1) is 7.16. The SMILES string of the molecule is CCCC(F)CCSC=CCOC(C)=O. The Morgan fingerprint density at radius 1 is 1.53 bits per heavy atom. The van der Waals surface area contributed by atoms with E-state index in [1.807, 2.05) is 12.3 Å². The number of esters is 1. The Hall–Kier alpha value is -0.510. The van der Waals surface area contributed by atoms with Gasteiger partial charge in [0.15, 0.2) is 0 Å². The van der Waals surface area contributed by atoms with Gasteiger partial charge < -0.3 is 4.74 Å². The fourth-order valence-electron chi connectivity index (χ4n) is 0.994. The minimum atomic E-state index is -0.677. The lowest BCUT2D eigenvalue weighted by Gasteiger charge is -2.03. The van der Waals surface area contributed by atoms with Crippen LogP contribution in [0.4, 0.5) is 4.39 Å². The topological polar surface area (TPSA) is 26.3 Å². The van der Waals surface area contributed by atoms with Crippen LogP contribution in [-0.2, 0) is 9.53 Å². The number of rotatable bonds is 8. The highest BCUT2D eigenvalue weighted by Crippen LogP contribution is 2.12. The van der Waals surface area contributed by atoms with E-state index in [1.54, 1.807) is 17.8 Å². The molecule has 1 unspecified atom stereocenters. The van der Waals surface area contributed by atoms with Gasteiger partial charge in [0.25, 0.3) is 0 Å². The van der Waals surface area contributed by atoms with E-state index >= 15 is 0 Å². The molecular formula is C11H19FO2S. The monoisotopic (exact) mass is 234 g/mol. The predicted octanol–water partition coefficient (Wildman–Crippen LogP) is 3.32. The van der Waals surface area contributed by atoms with Crippen LogP contribution in [0.25, 0.3) is 0 Å². The lowest BCUT2D eigenvalue weighted by atomic mass is 10.2. The second-order valence-electron chi connectivity index (χ2n) is 3.22. The molecule has 0 aromatic rings. The molecule has 0 fully saturated rings. The fraction of sp³-hybridized carbons (Fsp3) is 0.727. The molecule has 15 heavy (non-hydrogen) atoms. The Bertz CT molecular complexity index is 195. The molecule has 0 aromatic carbocycles. The van der Waals surface area contributed by atoms with Crippen LogP contribution in [0.15, 0.2) is 11.5 Å². The maximum atomic E-state index is 13.0. The first-order valence-corrected chi connectivity index (χ1v) is 6.25. The van der Waals surface area contributed by atoms with Crippen molar-refractivity contribution in [1.82, 2.24) is 0 Å². The molecule has 0 radical (unpaired) electrons. The molecule has 0 saturated heterocycles. The van der Waals surface area contributed by atoms with Gasteiger partial charge in [-0.15, -0.1) is 11.8 Å². The highest BCUT2D eigenvalue weighted by Gasteiger charge is 2.02. The van der Waals surface area contributed by atoms with Gasteiger partial charge in [0.2, 0.25) is 0 Å². The number of halogens is 1. The molecule has 0 heterocycles. The predicted molar refractivity (Wildman–Crippen MR) is 62.7 cm³/mol. The molecule has 0 aromatic heterocycles. The van der Waals surface area contributed by atoms with Crippen LogP contribution in [0, 0.1) is 0 Å². The van der Waals surface area contributed by atoms with Gasteiger partial charge in [0.05, 0.1) is 0 Å². The third-order valence-electron chi connectivity index (χ3n) is 1.73. The van der Waals surface area contributed by atoms with E-state index in [0.29, 0.717) is 19.4 Å². The van der Waals surface area contributed by atoms with Crippen molar-refractivity contribution >= 4 is 17.7 Å². The molecule has 1 atom stereocenters. The lowest BCUT2D eigenvalue weighted by Crippen LogP contribution is -2.00. The Labute approximate surface area is 95.3 Å². The van der Waals surface area contributed by atoms with Crippen LogP contribution < -0.4 is 0 Å². The van der Waals surface area contributed by atoms with Crippen LogP contribution in [0.3, 0.4) is 0 Å². The first kappa shape index (κ1) is 14.5. The lowest BCUT2D eigenvalue weighted by molar-refractivity contribution is -0.139. The third-order valence-corrected chi connectivity index (χ3v) is 2.58. The van der Waals surface area contributed by atoms with Crippen molar-refractivity contribution in [3.8, 4) is 0 Å². The van der Waals surface area contributed by atoms with Crippen molar-refractivity contribution in [3.05, 3.63) is 11.5 Å². The van der Waals surface area contributed by atoms with Crippen molar-refractivity contribution in [2.75, 3.05) is 12.4 Å². The van der Waals surface area contributed by atoms with Gasteiger partial charge in [0.1, 0.15) is 12.8 Å². The first-order valence-electron chi connectivity index (χ1n) is 5.20. The van der Waals surface area contributed by atoms with E-state index in [-0.39, 0.29) is 5.97 Å². The Morgan fingerprint density at radius 3 is 2.87 bits per heavy atom. The van der Waals surface area contributed by atoms with Crippen LogP contribution in [0.2, 0.25) is 0 Å². The molecule has 0 aliphatic rings. The number of carbonyl (C=O) groups is 1. The van der Waals surface area contributed by atoms with E-state index < -0.39 is 6.17 Å². The zero-order valence-corrected chi connectivity index (χ0v) is 10.2. The average Bonchev–Trinajstić information content (AvgIpc) is 2.16. The Balaban J connectivity index is 3.26. The summed E-state index contributed by atoms with van der Waals surface area (Å²) in [7, 11) is 0. The third kappa shape index (κ3) is 11.4. The zero-order chi connectivity index (χ0) is 11.5. The van der Waals surface area contributed by atoms with Gasteiger partial charge in [-0.1, -0.05) is 13.3 Å². The molecule has 0 N–H and O–H groups in total. The van der Waals surface area contributed by atoms with Crippen LogP contribution in [0.5, 0.6) is 0 Å². The van der Waals surface area contributed by atoms with E-state index in [0.717, 1.165) is 12.2 Å². The van der Waals surface area contributed by atoms with Crippen LogP contribution >= 0.6 is 11.8 Å². The molecule has 88 valence electrons. The summed E-state index contributed by atoms with van der Waals surface area (Å²) in [5.41, 5.74) is 0. The van der Waals surface area contributed by atoms with E-state index in [9.17, 15) is 9.18 Å². The minimum Gasteiger partial charge on any atom is -0.462 e. The molecule has 0 spiro atoms. The minimum absolute atomic E-state index is 0.281. The molecule has 2 nitrogen and oxygen atoms in total. The van der Waals surface area contributed by atoms with Crippen molar-refractivity contribution < 1.29 is 13.9 Å². The Kier molecular flexibility index (Phi) is 9.68. The molecule has 0 bridgehead atoms. The number of alkyl halides is 1. The molecule has 4 heteroatoms. The van der Waals surface area contributed by atoms with E-state index in [2.05, 4.69) is 0 Å². The van der Waals surface area contributed by atoms with Crippen molar-refractivity contribution in [2.24, 2.45) is 0 Å². The molecule has 0 amide bonds. The number of carbonyl (C=O) groups excluding carboxylic acids is 1. The zero-order valence-electron chi connectivity index (χ0n) is 9.37. The van der Waals surface area contributed by atoms with Crippen molar-refractivity contribution in [3.63, 3.8) is 0 Å². The summed E-state index contributed by atoms with van der Waals surface area (Å²) in [5.74, 6) is 0.494. The fourth-order valence-corrected chi connectivity index (χ4v) is 1.74. The smallest absolute Gasteiger partial charge is 0.302 e. The largest absolute Gasteiger partial charge is 0.462 e. The highest BCUT2D eigenvalue weighted by molar-refractivity contribution is 8.02. The van der Waals surface area contributed by atoms with Crippen molar-refractivity contribution in [1.29, 1.82) is 0 Å². The van der Waals surface area contributed by atoms with Gasteiger partial charge in [-0.3, -0.25) is 4.79 Å². The van der Waals surface area contributed by atoms with Crippen LogP contribution in [0.1, 0.15) is 33.1 Å². The summed E-state index contributed by atoms with van der Waals surface area (Å²) in [6.45, 7) is 3.66. The maximum absolute atomic E-state index is 13.0. The summed E-state index contributed by atoms with van der Waals surface area (Å²) < 4.78 is 17.7. The number of ether oxygens (including phenoxy) is 1. The van der Waals surface area contributed by atoms with Gasteiger partial charge in [-0.05, 0) is 24.3 Å². The summed E-state index contributed by atoms with van der Waals surface area (Å²) in [6.07, 6.45) is 3.23. The summed E-state index contributed by atoms with van der Waals surface area (Å²) in [4.78, 5) is 10.4. The standard InChI is InChI=1S/C11H19FO2S/c1-3-5-11(12)6-9-15-8-4-7-14-10(2)13/h4,8,11H,3,5-7,9H2,1-2H3. The number of hydrogen-bond donors (Lipinski definition) is 0. The number of thioether (sulfide) groups is 1. The maximum Gasteiger partial charge on any atom is 0.302 e. The van der Waals surface area contributed by atoms with Gasteiger partial charge in [0, 0.05) is 12.7 Å². The van der Waals surface area contributed by atoms with E-state index in [4.69, 9.17) is 4.74 Å². The van der Waals surface area contributed by atoms with Gasteiger partial charge in [-0.2, -0.15) is 0 Å². The summed E-state index contributed by atoms with van der Waals surface area (Å²) in [5, 5.41) is 1.85. The molecular weight excluding hydrogens is 215 g/mol. The van der Waals surface area contributed by atoms with Crippen LogP contribution in [-0.4, -0.2) is 24.5 Å². The van der Waals surface area contributed by atoms with Gasteiger partial charge in [-0.25, -0.2) is 4.39 Å². The van der Waals surface area contributed by atoms with Crippen molar-refractivity contribution in [2.45, 2.75) is 39.3 Å². The average molecular weight is 234 g/mol. The second kappa shape index (κ2) is 10.0. The molecule has 0 aliphatic carbocycles. The number of hydrogen-bond acceptors (Lipinski definition) is 3. The highest BCUT2D eigenvalue weighted by atomic mass is 32.2.